The molecule has 2 atom stereocenters. The number of aromatic nitrogens is 2. The molecule has 112 valence electrons. The molecule has 0 saturated carbocycles. The second-order valence-corrected chi connectivity index (χ2v) is 6.92. The third-order valence-electron chi connectivity index (χ3n) is 3.83. The van der Waals surface area contributed by atoms with E-state index in [1.807, 2.05) is 13.8 Å². The fourth-order valence-corrected chi connectivity index (χ4v) is 4.90. The zero-order valence-electron chi connectivity index (χ0n) is 11.8. The average molecular weight is 301 g/mol. The molecule has 20 heavy (non-hydrogen) atoms. The lowest BCUT2D eigenvalue weighted by Gasteiger charge is -2.26. The van der Waals surface area contributed by atoms with E-state index < -0.39 is 16.0 Å². The Balaban J connectivity index is 2.53. The van der Waals surface area contributed by atoms with Crippen molar-refractivity contribution in [2.45, 2.75) is 57.1 Å². The number of hydrogen-bond donors (Lipinski definition) is 2. The normalized spacial score (nSPS) is 24.1. The van der Waals surface area contributed by atoms with Gasteiger partial charge in [-0.3, -0.25) is 5.10 Å². The van der Waals surface area contributed by atoms with Crippen LogP contribution in [-0.2, 0) is 10.0 Å². The predicted molar refractivity (Wildman–Crippen MR) is 72.1 cm³/mol. The van der Waals surface area contributed by atoms with Gasteiger partial charge in [0.15, 0.2) is 0 Å². The second-order valence-electron chi connectivity index (χ2n) is 5.16. The molecule has 0 bridgehead atoms. The lowest BCUT2D eigenvalue weighted by molar-refractivity contribution is 0.0691. The summed E-state index contributed by atoms with van der Waals surface area (Å²) < 4.78 is 26.9. The Morgan fingerprint density at radius 3 is 2.70 bits per heavy atom. The first-order valence-electron chi connectivity index (χ1n) is 6.62. The highest BCUT2D eigenvalue weighted by Gasteiger charge is 2.42. The van der Waals surface area contributed by atoms with E-state index in [1.165, 1.54) is 11.2 Å². The summed E-state index contributed by atoms with van der Waals surface area (Å²) in [5, 5.41) is 15.0. The third-order valence-corrected chi connectivity index (χ3v) is 5.83. The van der Waals surface area contributed by atoms with Gasteiger partial charge in [0.05, 0.1) is 0 Å². The largest absolute Gasteiger partial charge is 0.478 e. The molecule has 0 radical (unpaired) electrons. The van der Waals surface area contributed by atoms with Crippen LogP contribution in [-0.4, -0.2) is 46.1 Å². The fourth-order valence-electron chi connectivity index (χ4n) is 2.81. The van der Waals surface area contributed by atoms with E-state index in [4.69, 9.17) is 0 Å². The van der Waals surface area contributed by atoms with Crippen LogP contribution in [0.5, 0.6) is 0 Å². The van der Waals surface area contributed by atoms with Gasteiger partial charge in [-0.15, -0.1) is 0 Å². The first-order valence-corrected chi connectivity index (χ1v) is 8.06. The van der Waals surface area contributed by atoms with Crippen LogP contribution >= 0.6 is 0 Å². The van der Waals surface area contributed by atoms with E-state index in [9.17, 15) is 18.3 Å². The van der Waals surface area contributed by atoms with Crippen molar-refractivity contribution in [3.63, 3.8) is 0 Å². The van der Waals surface area contributed by atoms with Gasteiger partial charge in [-0.25, -0.2) is 13.2 Å². The maximum atomic E-state index is 12.7. The molecular weight excluding hydrogens is 282 g/mol. The van der Waals surface area contributed by atoms with Crippen molar-refractivity contribution in [3.8, 4) is 0 Å². The van der Waals surface area contributed by atoms with Gasteiger partial charge in [0.2, 0.25) is 5.03 Å². The molecule has 0 spiro atoms. The quantitative estimate of drug-likeness (QED) is 0.874. The second kappa shape index (κ2) is 5.17. The van der Waals surface area contributed by atoms with E-state index in [0.29, 0.717) is 6.42 Å². The van der Waals surface area contributed by atoms with Crippen molar-refractivity contribution in [3.05, 3.63) is 11.3 Å². The molecule has 1 fully saturated rings. The van der Waals surface area contributed by atoms with Crippen LogP contribution in [0.1, 0.15) is 49.2 Å². The molecule has 1 aliphatic heterocycles. The molecule has 1 aliphatic rings. The molecule has 2 unspecified atom stereocenters. The van der Waals surface area contributed by atoms with E-state index in [2.05, 4.69) is 10.2 Å². The van der Waals surface area contributed by atoms with Gasteiger partial charge in [0.25, 0.3) is 10.0 Å². The monoisotopic (exact) mass is 301 g/mol. The number of carbonyl (C=O) groups is 1. The predicted octanol–water partition coefficient (Wildman–Crippen LogP) is 1.37. The zero-order valence-corrected chi connectivity index (χ0v) is 12.6. The van der Waals surface area contributed by atoms with Gasteiger partial charge < -0.3 is 5.11 Å². The lowest BCUT2D eigenvalue weighted by Crippen LogP contribution is -2.40. The van der Waals surface area contributed by atoms with Gasteiger partial charge in [0, 0.05) is 17.8 Å². The van der Waals surface area contributed by atoms with Crippen LogP contribution in [0, 0.1) is 6.92 Å². The maximum Gasteiger partial charge on any atom is 0.340 e. The van der Waals surface area contributed by atoms with Crippen molar-refractivity contribution in [1.82, 2.24) is 14.5 Å². The first kappa shape index (κ1) is 15.0. The molecule has 0 aromatic carbocycles. The number of sulfonamides is 1. The Bertz CT molecular complexity index is 623. The summed E-state index contributed by atoms with van der Waals surface area (Å²) in [6, 6.07) is -0.225. The van der Waals surface area contributed by atoms with Gasteiger partial charge in [-0.1, -0.05) is 6.92 Å². The molecule has 1 aromatic heterocycles. The number of aryl methyl sites for hydroxylation is 1. The highest BCUT2D eigenvalue weighted by Crippen LogP contribution is 2.33. The smallest absolute Gasteiger partial charge is 0.340 e. The fraction of sp³-hybridized carbons (Fsp3) is 0.667. The molecule has 7 nitrogen and oxygen atoms in total. The number of H-pyrrole nitrogens is 1. The van der Waals surface area contributed by atoms with E-state index >= 15 is 0 Å². The van der Waals surface area contributed by atoms with E-state index in [1.54, 1.807) is 0 Å². The van der Waals surface area contributed by atoms with Gasteiger partial charge in [0.1, 0.15) is 5.56 Å². The first-order chi connectivity index (χ1) is 9.30. The molecule has 8 heteroatoms. The van der Waals surface area contributed by atoms with Crippen LogP contribution in [0.25, 0.3) is 0 Å². The van der Waals surface area contributed by atoms with Crippen molar-refractivity contribution < 1.29 is 18.3 Å². The number of hydrogen-bond acceptors (Lipinski definition) is 4. The summed E-state index contributed by atoms with van der Waals surface area (Å²) >= 11 is 0. The highest BCUT2D eigenvalue weighted by molar-refractivity contribution is 7.89. The summed E-state index contributed by atoms with van der Waals surface area (Å²) in [6.07, 6.45) is 2.28. The molecule has 0 aliphatic carbocycles. The van der Waals surface area contributed by atoms with Gasteiger partial charge in [-0.05, 0) is 33.1 Å². The van der Waals surface area contributed by atoms with Gasteiger partial charge in [-0.2, -0.15) is 9.40 Å². The molecule has 1 saturated heterocycles. The van der Waals surface area contributed by atoms with Gasteiger partial charge >= 0.3 is 5.97 Å². The lowest BCUT2D eigenvalue weighted by atomic mass is 10.2. The van der Waals surface area contributed by atoms with E-state index in [0.717, 1.165) is 12.8 Å². The summed E-state index contributed by atoms with van der Waals surface area (Å²) in [7, 11) is -3.89. The third kappa shape index (κ3) is 2.22. The van der Waals surface area contributed by atoms with E-state index in [-0.39, 0.29) is 28.4 Å². The standard InChI is InChI=1S/C12H19N3O4S/c1-4-9-6-5-7(2)15(9)20(18,19)11-10(12(16)17)8(3)13-14-11/h7,9H,4-6H2,1-3H3,(H,13,14)(H,16,17). The van der Waals surface area contributed by atoms with Crippen LogP contribution < -0.4 is 0 Å². The summed E-state index contributed by atoms with van der Waals surface area (Å²) in [5.41, 5.74) is -0.0186. The minimum absolute atomic E-state index is 0.0892. The number of carboxylic acids is 1. The summed E-state index contributed by atoms with van der Waals surface area (Å²) in [5.74, 6) is -1.28. The number of nitrogens with one attached hydrogen (secondary N) is 1. The summed E-state index contributed by atoms with van der Waals surface area (Å²) in [6.45, 7) is 5.27. The van der Waals surface area contributed by atoms with Crippen LogP contribution in [0.4, 0.5) is 0 Å². The SMILES string of the molecule is CCC1CCC(C)N1S(=O)(=O)c1n[nH]c(C)c1C(=O)O. The van der Waals surface area contributed by atoms with Crippen LogP contribution in [0.3, 0.4) is 0 Å². The minimum atomic E-state index is -3.89. The van der Waals surface area contributed by atoms with Crippen molar-refractivity contribution in [1.29, 1.82) is 0 Å². The Kier molecular flexibility index (Phi) is 3.88. The maximum absolute atomic E-state index is 12.7. The zero-order chi connectivity index (χ0) is 15.1. The molecular formula is C12H19N3O4S. The Hall–Kier alpha value is -1.41. The number of rotatable bonds is 4. The molecule has 0 amide bonds. The highest BCUT2D eigenvalue weighted by atomic mass is 32.2. The Morgan fingerprint density at radius 2 is 2.15 bits per heavy atom. The summed E-state index contributed by atoms with van der Waals surface area (Å²) in [4.78, 5) is 11.3. The Labute approximate surface area is 118 Å². The topological polar surface area (TPSA) is 103 Å². The average Bonchev–Trinajstić information content (AvgIpc) is 2.92. The number of nitrogens with zero attached hydrogens (tertiary/aromatic N) is 2. The molecule has 2 rings (SSSR count). The minimum Gasteiger partial charge on any atom is -0.478 e. The van der Waals surface area contributed by atoms with Crippen LogP contribution in [0.15, 0.2) is 5.03 Å². The van der Waals surface area contributed by atoms with Crippen molar-refractivity contribution in [2.24, 2.45) is 0 Å². The molecule has 2 heterocycles. The number of aromatic amines is 1. The molecule has 2 N–H and O–H groups in total. The van der Waals surface area contributed by atoms with Crippen molar-refractivity contribution >= 4 is 16.0 Å². The van der Waals surface area contributed by atoms with Crippen molar-refractivity contribution in [2.75, 3.05) is 0 Å². The number of aromatic carboxylic acids is 1. The molecule has 1 aromatic rings. The Morgan fingerprint density at radius 1 is 1.50 bits per heavy atom. The van der Waals surface area contributed by atoms with Crippen LogP contribution in [0.2, 0.25) is 0 Å². The number of carboxylic acid groups (broad SMARTS) is 1.